The third-order valence-electron chi connectivity index (χ3n) is 9.03. The molecule has 0 spiro atoms. The van der Waals surface area contributed by atoms with Crippen molar-refractivity contribution in [1.82, 2.24) is 14.9 Å². The van der Waals surface area contributed by atoms with E-state index in [0.717, 1.165) is 50.0 Å². The molecule has 0 saturated heterocycles. The van der Waals surface area contributed by atoms with E-state index >= 15 is 0 Å². The van der Waals surface area contributed by atoms with Gasteiger partial charge < -0.3 is 46.3 Å². The Morgan fingerprint density at radius 1 is 0.789 bits per heavy atom. The Labute approximate surface area is 343 Å². The molecule has 0 aliphatic heterocycles. The first-order valence-electron chi connectivity index (χ1n) is 19.0. The van der Waals surface area contributed by atoms with Gasteiger partial charge in [-0.05, 0) is 110 Å². The standard InChI is InChI=1S/C22H25N3O2S.C20H22N2O2.C3H8.CH5N/c1-12(2)17-10-18(21(27)11-20(17)26)14(4)25(22(28)23-5)16-6-7-19-15(9-16)8-13(3)24-19;1-12(2)16-10-17(20(24)11-19(16)23)13(3)21-15-5-6-18-14(9-15)7-8-22(18)4;1-3-2;1-2/h6-12,24,26-27H,4H2,1-3,5H3,(H,23,28);5-12,21,23-24H,3H2,1-2,4H3;3H2,1-2H3;2H2,1H3. The van der Waals surface area contributed by atoms with E-state index in [4.69, 9.17) is 12.2 Å². The van der Waals surface area contributed by atoms with Crippen molar-refractivity contribution in [1.29, 1.82) is 0 Å². The number of hydrogen-bond acceptors (Lipinski definition) is 7. The van der Waals surface area contributed by atoms with Gasteiger partial charge in [0.2, 0.25) is 0 Å². The van der Waals surface area contributed by atoms with E-state index in [1.807, 2.05) is 84.3 Å². The van der Waals surface area contributed by atoms with Crippen LogP contribution in [-0.2, 0) is 7.05 Å². The van der Waals surface area contributed by atoms with Gasteiger partial charge in [0.1, 0.15) is 23.0 Å². The SMILES string of the molecule is C=C(Nc1ccc2c(ccn2C)c1)c1cc(C(C)C)c(O)cc1O.C=C(c1cc(C(C)C)c(O)cc1O)N(C(=S)NC)c1ccc2[nH]c(C)cc2c1.CCC.CN. The van der Waals surface area contributed by atoms with E-state index in [2.05, 4.69) is 65.1 Å². The van der Waals surface area contributed by atoms with Crippen LogP contribution in [0.1, 0.15) is 87.7 Å². The van der Waals surface area contributed by atoms with Crippen LogP contribution in [-0.4, -0.2) is 49.2 Å². The van der Waals surface area contributed by atoms with Gasteiger partial charge in [-0.1, -0.05) is 61.1 Å². The first kappa shape index (κ1) is 45.5. The smallest absolute Gasteiger partial charge is 0.177 e. The molecule has 0 unspecified atom stereocenters. The van der Waals surface area contributed by atoms with E-state index in [9.17, 15) is 20.4 Å². The maximum atomic E-state index is 10.5. The lowest BCUT2D eigenvalue weighted by Crippen LogP contribution is -2.36. The summed E-state index contributed by atoms with van der Waals surface area (Å²) in [6, 6.07) is 22.4. The Morgan fingerprint density at radius 3 is 1.91 bits per heavy atom. The number of benzene rings is 4. The summed E-state index contributed by atoms with van der Waals surface area (Å²) >= 11 is 5.53. The molecule has 0 aliphatic carbocycles. The van der Waals surface area contributed by atoms with Crippen LogP contribution >= 0.6 is 12.2 Å². The van der Waals surface area contributed by atoms with E-state index in [1.54, 1.807) is 24.1 Å². The van der Waals surface area contributed by atoms with Crippen molar-refractivity contribution >= 4 is 61.9 Å². The fourth-order valence-corrected chi connectivity index (χ4v) is 6.43. The van der Waals surface area contributed by atoms with Gasteiger partial charge in [-0.25, -0.2) is 0 Å². The number of H-pyrrole nitrogens is 1. The minimum absolute atomic E-state index is 0.00943. The second-order valence-electron chi connectivity index (χ2n) is 14.2. The highest BCUT2D eigenvalue weighted by Crippen LogP contribution is 2.39. The molecular formula is C46H60N6O4S. The predicted molar refractivity (Wildman–Crippen MR) is 246 cm³/mol. The number of aromatic amines is 1. The molecule has 0 saturated carbocycles. The summed E-state index contributed by atoms with van der Waals surface area (Å²) < 4.78 is 2.06. The molecule has 0 fully saturated rings. The molecule has 6 aromatic rings. The summed E-state index contributed by atoms with van der Waals surface area (Å²) in [6.07, 6.45) is 3.27. The molecule has 6 rings (SSSR count). The number of nitrogens with one attached hydrogen (secondary N) is 3. The summed E-state index contributed by atoms with van der Waals surface area (Å²) in [7, 11) is 5.26. The van der Waals surface area contributed by atoms with Crippen LogP contribution in [0.4, 0.5) is 11.4 Å². The molecule has 2 aromatic heterocycles. The Bertz CT molecular complexity index is 2340. The number of hydrogen-bond donors (Lipinski definition) is 8. The minimum Gasteiger partial charge on any atom is -0.508 e. The van der Waals surface area contributed by atoms with Crippen molar-refractivity contribution in [3.05, 3.63) is 120 Å². The lowest BCUT2D eigenvalue weighted by Gasteiger charge is -2.28. The van der Waals surface area contributed by atoms with Gasteiger partial charge in [0.15, 0.2) is 5.11 Å². The Balaban J connectivity index is 0.000000277. The van der Waals surface area contributed by atoms with Gasteiger partial charge in [0.05, 0.1) is 5.70 Å². The van der Waals surface area contributed by atoms with Crippen LogP contribution in [0, 0.1) is 6.92 Å². The Morgan fingerprint density at radius 2 is 1.35 bits per heavy atom. The van der Waals surface area contributed by atoms with Crippen LogP contribution < -0.4 is 21.3 Å². The first-order valence-corrected chi connectivity index (χ1v) is 19.4. The maximum absolute atomic E-state index is 10.5. The molecular weight excluding hydrogens is 733 g/mol. The minimum atomic E-state index is -0.0469. The molecule has 2 heterocycles. The van der Waals surface area contributed by atoms with Crippen LogP contribution in [0.3, 0.4) is 0 Å². The van der Waals surface area contributed by atoms with Crippen LogP contribution in [0.25, 0.3) is 33.2 Å². The van der Waals surface area contributed by atoms with Crippen molar-refractivity contribution in [2.75, 3.05) is 24.3 Å². The predicted octanol–water partition coefficient (Wildman–Crippen LogP) is 10.8. The molecule has 0 aliphatic rings. The Hall–Kier alpha value is -5.91. The molecule has 57 heavy (non-hydrogen) atoms. The number of phenolic OH excluding ortho intramolecular Hbond substituents is 4. The highest BCUT2D eigenvalue weighted by atomic mass is 32.1. The molecule has 11 heteroatoms. The molecule has 0 radical (unpaired) electrons. The normalized spacial score (nSPS) is 10.5. The molecule has 0 bridgehead atoms. The quantitative estimate of drug-likeness (QED) is 0.0703. The van der Waals surface area contributed by atoms with Gasteiger partial charge in [-0.2, -0.15) is 0 Å². The van der Waals surface area contributed by atoms with Crippen LogP contribution in [0.15, 0.2) is 92.2 Å². The number of aromatic hydroxyl groups is 4. The van der Waals surface area contributed by atoms with E-state index in [-0.39, 0.29) is 34.8 Å². The topological polar surface area (TPSA) is 155 Å². The van der Waals surface area contributed by atoms with E-state index in [1.165, 1.54) is 25.6 Å². The van der Waals surface area contributed by atoms with Gasteiger partial charge in [-0.15, -0.1) is 0 Å². The fourth-order valence-electron chi connectivity index (χ4n) is 6.22. The number of nitrogens with two attached hydrogens (primary N) is 1. The number of rotatable bonds is 8. The summed E-state index contributed by atoms with van der Waals surface area (Å²) in [5.74, 6) is 0.374. The number of thiocarbonyl (C=S) groups is 1. The highest BCUT2D eigenvalue weighted by molar-refractivity contribution is 7.80. The largest absolute Gasteiger partial charge is 0.508 e. The highest BCUT2D eigenvalue weighted by Gasteiger charge is 2.22. The van der Waals surface area contributed by atoms with Gasteiger partial charge in [0.25, 0.3) is 0 Å². The molecule has 0 amide bonds. The number of phenols is 4. The van der Waals surface area contributed by atoms with E-state index < -0.39 is 0 Å². The number of aromatic nitrogens is 2. The van der Waals surface area contributed by atoms with Crippen molar-refractivity contribution in [3.8, 4) is 23.0 Å². The third kappa shape index (κ3) is 10.9. The zero-order valence-corrected chi connectivity index (χ0v) is 35.8. The molecule has 4 aromatic carbocycles. The van der Waals surface area contributed by atoms with Crippen LogP contribution in [0.5, 0.6) is 23.0 Å². The van der Waals surface area contributed by atoms with Crippen molar-refractivity contribution in [2.24, 2.45) is 12.8 Å². The van der Waals surface area contributed by atoms with Crippen molar-refractivity contribution in [2.45, 2.75) is 66.7 Å². The van der Waals surface area contributed by atoms with Crippen molar-refractivity contribution in [3.63, 3.8) is 0 Å². The lowest BCUT2D eigenvalue weighted by molar-refractivity contribution is 0.442. The molecule has 304 valence electrons. The summed E-state index contributed by atoms with van der Waals surface area (Å²) in [5.41, 5.74) is 13.2. The third-order valence-corrected chi connectivity index (χ3v) is 9.42. The summed E-state index contributed by atoms with van der Waals surface area (Å²) in [4.78, 5) is 5.09. The average molecular weight is 793 g/mol. The summed E-state index contributed by atoms with van der Waals surface area (Å²) in [5, 5.41) is 49.6. The van der Waals surface area contributed by atoms with Gasteiger partial charge in [-0.3, -0.25) is 4.90 Å². The fraction of sp³-hybridized carbons (Fsp3) is 0.283. The van der Waals surface area contributed by atoms with Crippen molar-refractivity contribution < 1.29 is 20.4 Å². The molecule has 0 atom stereocenters. The number of aryl methyl sites for hydroxylation is 2. The van der Waals surface area contributed by atoms with Crippen LogP contribution in [0.2, 0.25) is 0 Å². The molecule has 9 N–H and O–H groups in total. The van der Waals surface area contributed by atoms with Gasteiger partial charge in [0, 0.05) is 88.1 Å². The van der Waals surface area contributed by atoms with Gasteiger partial charge >= 0.3 is 0 Å². The zero-order valence-electron chi connectivity index (χ0n) is 35.0. The number of fused-ring (bicyclic) bond motifs is 2. The summed E-state index contributed by atoms with van der Waals surface area (Å²) in [6.45, 7) is 22.5. The Kier molecular flexibility index (Phi) is 16.2. The second-order valence-corrected chi connectivity index (χ2v) is 14.6. The maximum Gasteiger partial charge on any atom is 0.177 e. The number of anilines is 2. The average Bonchev–Trinajstić information content (AvgIpc) is 3.72. The number of nitrogens with zero attached hydrogens (tertiary/aromatic N) is 2. The van der Waals surface area contributed by atoms with E-state index in [0.29, 0.717) is 27.6 Å². The molecule has 10 nitrogen and oxygen atoms in total. The zero-order chi connectivity index (χ0) is 42.7. The second kappa shape index (κ2) is 20.3. The first-order chi connectivity index (χ1) is 27.0. The monoisotopic (exact) mass is 792 g/mol. The lowest BCUT2D eigenvalue weighted by atomic mass is 9.97.